The van der Waals surface area contributed by atoms with Gasteiger partial charge in [0.05, 0.1) is 10.9 Å². The van der Waals surface area contributed by atoms with Crippen molar-refractivity contribution in [3.63, 3.8) is 0 Å². The first-order chi connectivity index (χ1) is 12.7. The number of hydrogen-bond donors (Lipinski definition) is 1. The molecule has 0 aliphatic carbocycles. The van der Waals surface area contributed by atoms with Crippen molar-refractivity contribution < 1.29 is 14.3 Å². The number of para-hydroxylation sites is 1. The highest BCUT2D eigenvalue weighted by molar-refractivity contribution is 8.39. The van der Waals surface area contributed by atoms with E-state index in [9.17, 15) is 4.79 Å². The summed E-state index contributed by atoms with van der Waals surface area (Å²) in [4.78, 5) is 17.1. The van der Waals surface area contributed by atoms with E-state index < -0.39 is 0 Å². The van der Waals surface area contributed by atoms with Crippen LogP contribution >= 0.6 is 23.5 Å². The van der Waals surface area contributed by atoms with E-state index in [0.717, 1.165) is 32.9 Å². The van der Waals surface area contributed by atoms with Gasteiger partial charge >= 0.3 is 0 Å². The van der Waals surface area contributed by atoms with Gasteiger partial charge in [-0.2, -0.15) is 0 Å². The summed E-state index contributed by atoms with van der Waals surface area (Å²) >= 11 is 3.19. The summed E-state index contributed by atoms with van der Waals surface area (Å²) in [6.07, 6.45) is 0. The first kappa shape index (κ1) is 17.3. The van der Waals surface area contributed by atoms with Crippen molar-refractivity contribution in [3.8, 4) is 11.5 Å². The monoisotopic (exact) mass is 386 g/mol. The molecule has 7 heteroatoms. The number of carbonyl (C=O) groups is 1. The number of fused-ring (bicyclic) bond motifs is 2. The molecule has 2 aromatic carbocycles. The molecule has 0 saturated carbocycles. The quantitative estimate of drug-likeness (QED) is 0.858. The minimum atomic E-state index is -0.208. The van der Waals surface area contributed by atoms with Crippen LogP contribution in [-0.4, -0.2) is 22.3 Å². The van der Waals surface area contributed by atoms with Gasteiger partial charge in [-0.25, -0.2) is 4.99 Å². The van der Waals surface area contributed by atoms with Gasteiger partial charge in [-0.15, -0.1) is 0 Å². The summed E-state index contributed by atoms with van der Waals surface area (Å²) in [6.45, 7) is 2.62. The molecule has 0 fully saturated rings. The molecule has 134 valence electrons. The van der Waals surface area contributed by atoms with Crippen LogP contribution in [0.3, 0.4) is 0 Å². The van der Waals surface area contributed by atoms with Crippen molar-refractivity contribution in [2.45, 2.75) is 24.5 Å². The third-order valence-electron chi connectivity index (χ3n) is 4.11. The van der Waals surface area contributed by atoms with Crippen molar-refractivity contribution in [2.24, 2.45) is 4.99 Å². The number of benzene rings is 2. The molecule has 0 unspecified atom stereocenters. The van der Waals surface area contributed by atoms with Crippen molar-refractivity contribution in [1.82, 2.24) is 5.32 Å². The Morgan fingerprint density at radius 3 is 3.04 bits per heavy atom. The van der Waals surface area contributed by atoms with Gasteiger partial charge in [0.15, 0.2) is 11.5 Å². The zero-order valence-electron chi connectivity index (χ0n) is 14.2. The third-order valence-corrected chi connectivity index (χ3v) is 6.40. The Morgan fingerprint density at radius 1 is 1.27 bits per heavy atom. The maximum atomic E-state index is 12.4. The van der Waals surface area contributed by atoms with Crippen LogP contribution in [0.4, 0.5) is 5.69 Å². The highest BCUT2D eigenvalue weighted by Gasteiger charge is 2.20. The Hall–Kier alpha value is -2.12. The second-order valence-electron chi connectivity index (χ2n) is 5.96. The molecule has 1 amide bonds. The number of nitrogens with zero attached hydrogens (tertiary/aromatic N) is 1. The first-order valence-corrected chi connectivity index (χ1v) is 10.2. The van der Waals surface area contributed by atoms with Crippen LogP contribution < -0.4 is 14.8 Å². The number of hydrogen-bond acceptors (Lipinski definition) is 6. The summed E-state index contributed by atoms with van der Waals surface area (Å²) in [7, 11) is 0. The molecule has 0 radical (unpaired) electrons. The third kappa shape index (κ3) is 3.83. The van der Waals surface area contributed by atoms with Gasteiger partial charge < -0.3 is 14.8 Å². The standard InChI is InChI=1S/C19H18N2O3S2/c1-12(26-19-21-15-5-3-2-4-14(15)10-25-19)18(22)20-9-13-6-7-16-17(8-13)24-11-23-16/h2-8,12H,9-11H2,1H3,(H,20,22)/t12-/m0/s1. The lowest BCUT2D eigenvalue weighted by Gasteiger charge is -2.17. The number of amides is 1. The largest absolute Gasteiger partial charge is 0.454 e. The van der Waals surface area contributed by atoms with E-state index in [4.69, 9.17) is 9.47 Å². The molecule has 0 spiro atoms. The summed E-state index contributed by atoms with van der Waals surface area (Å²) in [5.41, 5.74) is 3.22. The Balaban J connectivity index is 1.33. The summed E-state index contributed by atoms with van der Waals surface area (Å²) < 4.78 is 11.6. The number of thioether (sulfide) groups is 2. The second kappa shape index (κ2) is 7.63. The van der Waals surface area contributed by atoms with E-state index in [2.05, 4.69) is 16.4 Å². The Kier molecular flexibility index (Phi) is 5.08. The number of carbonyl (C=O) groups excluding carboxylic acids is 1. The molecule has 2 aliphatic rings. The van der Waals surface area contributed by atoms with Gasteiger partial charge in [-0.05, 0) is 36.2 Å². The van der Waals surface area contributed by atoms with E-state index in [1.807, 2.05) is 43.3 Å². The predicted molar refractivity (Wildman–Crippen MR) is 106 cm³/mol. The van der Waals surface area contributed by atoms with Gasteiger partial charge in [0, 0.05) is 12.3 Å². The van der Waals surface area contributed by atoms with Crippen molar-refractivity contribution in [2.75, 3.05) is 6.79 Å². The maximum Gasteiger partial charge on any atom is 0.233 e. The van der Waals surface area contributed by atoms with Crippen LogP contribution in [0.15, 0.2) is 47.5 Å². The van der Waals surface area contributed by atoms with Crippen LogP contribution in [0, 0.1) is 0 Å². The molecule has 1 N–H and O–H groups in total. The normalized spacial score (nSPS) is 15.8. The highest BCUT2D eigenvalue weighted by Crippen LogP contribution is 2.36. The van der Waals surface area contributed by atoms with E-state index >= 15 is 0 Å². The minimum absolute atomic E-state index is 0.00479. The molecular weight excluding hydrogens is 368 g/mol. The average Bonchev–Trinajstić information content (AvgIpc) is 3.13. The number of aliphatic imine (C=N–C) groups is 1. The number of nitrogens with one attached hydrogen (secondary N) is 1. The fraction of sp³-hybridized carbons (Fsp3) is 0.263. The molecule has 5 nitrogen and oxygen atoms in total. The summed E-state index contributed by atoms with van der Waals surface area (Å²) in [5, 5.41) is 2.77. The topological polar surface area (TPSA) is 59.9 Å². The zero-order valence-corrected chi connectivity index (χ0v) is 15.9. The summed E-state index contributed by atoms with van der Waals surface area (Å²) in [6, 6.07) is 13.8. The molecule has 0 aromatic heterocycles. The fourth-order valence-corrected chi connectivity index (χ4v) is 4.87. The lowest BCUT2D eigenvalue weighted by molar-refractivity contribution is -0.120. The van der Waals surface area contributed by atoms with E-state index in [1.54, 1.807) is 11.8 Å². The molecule has 0 saturated heterocycles. The minimum Gasteiger partial charge on any atom is -0.454 e. The van der Waals surface area contributed by atoms with Crippen LogP contribution in [-0.2, 0) is 17.1 Å². The Morgan fingerprint density at radius 2 is 2.12 bits per heavy atom. The SMILES string of the molecule is C[C@H](SC1=Nc2ccccc2CS1)C(=O)NCc1ccc2c(c1)OCO2. The maximum absolute atomic E-state index is 12.4. The highest BCUT2D eigenvalue weighted by atomic mass is 32.2. The zero-order chi connectivity index (χ0) is 17.9. The summed E-state index contributed by atoms with van der Waals surface area (Å²) in [5.74, 6) is 2.37. The Bertz CT molecular complexity index is 870. The predicted octanol–water partition coefficient (Wildman–Crippen LogP) is 4.09. The van der Waals surface area contributed by atoms with E-state index in [-0.39, 0.29) is 18.0 Å². The first-order valence-electron chi connectivity index (χ1n) is 8.31. The number of ether oxygens (including phenoxy) is 2. The van der Waals surface area contributed by atoms with Crippen LogP contribution in [0.2, 0.25) is 0 Å². The van der Waals surface area contributed by atoms with E-state index in [0.29, 0.717) is 6.54 Å². The lowest BCUT2D eigenvalue weighted by Crippen LogP contribution is -2.31. The molecule has 2 aliphatic heterocycles. The van der Waals surface area contributed by atoms with Gasteiger partial charge in [-0.3, -0.25) is 4.79 Å². The molecule has 1 atom stereocenters. The fourth-order valence-electron chi connectivity index (χ4n) is 2.66. The Labute approximate surface area is 160 Å². The van der Waals surface area contributed by atoms with Crippen LogP contribution in [0.5, 0.6) is 11.5 Å². The van der Waals surface area contributed by atoms with Gasteiger partial charge in [-0.1, -0.05) is 47.8 Å². The van der Waals surface area contributed by atoms with Crippen LogP contribution in [0.1, 0.15) is 18.1 Å². The lowest BCUT2D eigenvalue weighted by atomic mass is 10.2. The average molecular weight is 386 g/mol. The smallest absolute Gasteiger partial charge is 0.233 e. The number of rotatable bonds is 4. The second-order valence-corrected chi connectivity index (χ2v) is 8.51. The molecule has 2 heterocycles. The van der Waals surface area contributed by atoms with Gasteiger partial charge in [0.2, 0.25) is 12.7 Å². The van der Waals surface area contributed by atoms with Gasteiger partial charge in [0.1, 0.15) is 4.38 Å². The molecule has 0 bridgehead atoms. The molecule has 2 aromatic rings. The van der Waals surface area contributed by atoms with Crippen LogP contribution in [0.25, 0.3) is 0 Å². The van der Waals surface area contributed by atoms with Crippen molar-refractivity contribution in [1.29, 1.82) is 0 Å². The van der Waals surface area contributed by atoms with Crippen molar-refractivity contribution >= 4 is 39.5 Å². The molecule has 4 rings (SSSR count). The molecular formula is C19H18N2O3S2. The van der Waals surface area contributed by atoms with E-state index in [1.165, 1.54) is 17.3 Å². The molecule has 26 heavy (non-hydrogen) atoms. The van der Waals surface area contributed by atoms with Crippen molar-refractivity contribution in [3.05, 3.63) is 53.6 Å². The van der Waals surface area contributed by atoms with Gasteiger partial charge in [0.25, 0.3) is 0 Å².